The van der Waals surface area contributed by atoms with Gasteiger partial charge in [-0.25, -0.2) is 9.66 Å². The number of morpholine rings is 1. The molecule has 1 fully saturated rings. The highest BCUT2D eigenvalue weighted by Crippen LogP contribution is 2.27. The SMILES string of the molecule is CC(Cl)c1nc2ccc(Cl)cc2n1N1CCOCC1. The van der Waals surface area contributed by atoms with Gasteiger partial charge in [-0.2, -0.15) is 0 Å². The average Bonchev–Trinajstić information content (AvgIpc) is 2.78. The summed E-state index contributed by atoms with van der Waals surface area (Å²) in [5.74, 6) is 0.848. The molecular weight excluding hydrogens is 285 g/mol. The standard InChI is InChI=1S/C13H15Cl2N3O/c1-9(14)13-16-11-3-2-10(15)8-12(11)18(13)17-4-6-19-7-5-17/h2-3,8-9H,4-7H2,1H3. The number of fused-ring (bicyclic) bond motifs is 1. The van der Waals surface area contributed by atoms with Crippen LogP contribution in [0.4, 0.5) is 0 Å². The van der Waals surface area contributed by atoms with Crippen LogP contribution in [0.1, 0.15) is 18.1 Å². The van der Waals surface area contributed by atoms with E-state index in [0.29, 0.717) is 5.02 Å². The topological polar surface area (TPSA) is 30.3 Å². The van der Waals surface area contributed by atoms with E-state index >= 15 is 0 Å². The second-order valence-electron chi connectivity index (χ2n) is 4.60. The van der Waals surface area contributed by atoms with Gasteiger partial charge in [-0.1, -0.05) is 11.6 Å². The molecule has 1 saturated heterocycles. The van der Waals surface area contributed by atoms with Gasteiger partial charge in [0.05, 0.1) is 42.7 Å². The Hall–Kier alpha value is -0.970. The molecule has 1 aliphatic heterocycles. The number of ether oxygens (including phenoxy) is 1. The van der Waals surface area contributed by atoms with Crippen molar-refractivity contribution in [1.82, 2.24) is 9.66 Å². The maximum absolute atomic E-state index is 6.26. The van der Waals surface area contributed by atoms with Gasteiger partial charge < -0.3 is 9.75 Å². The van der Waals surface area contributed by atoms with Gasteiger partial charge in [0.25, 0.3) is 0 Å². The zero-order chi connectivity index (χ0) is 13.4. The molecule has 4 nitrogen and oxygen atoms in total. The lowest BCUT2D eigenvalue weighted by atomic mass is 10.3. The zero-order valence-corrected chi connectivity index (χ0v) is 12.2. The van der Waals surface area contributed by atoms with E-state index in [-0.39, 0.29) is 5.38 Å². The quantitative estimate of drug-likeness (QED) is 0.799. The van der Waals surface area contributed by atoms with Crippen molar-refractivity contribution in [1.29, 1.82) is 0 Å². The van der Waals surface area contributed by atoms with Crippen LogP contribution in [-0.2, 0) is 4.74 Å². The van der Waals surface area contributed by atoms with Crippen LogP contribution >= 0.6 is 23.2 Å². The highest BCUT2D eigenvalue weighted by Gasteiger charge is 2.21. The summed E-state index contributed by atoms with van der Waals surface area (Å²) in [6.07, 6.45) is 0. The van der Waals surface area contributed by atoms with Crippen molar-refractivity contribution in [2.75, 3.05) is 31.3 Å². The molecule has 1 aliphatic rings. The van der Waals surface area contributed by atoms with Gasteiger partial charge >= 0.3 is 0 Å². The Bertz CT molecular complexity index is 591. The third kappa shape index (κ3) is 2.40. The maximum atomic E-state index is 6.26. The van der Waals surface area contributed by atoms with Crippen LogP contribution in [0.3, 0.4) is 0 Å². The molecule has 0 spiro atoms. The first-order valence-corrected chi connectivity index (χ1v) is 7.13. The maximum Gasteiger partial charge on any atom is 0.146 e. The first kappa shape index (κ1) is 13.0. The molecule has 0 aliphatic carbocycles. The number of nitrogens with zero attached hydrogens (tertiary/aromatic N) is 3. The second kappa shape index (κ2) is 5.19. The van der Waals surface area contributed by atoms with Crippen LogP contribution < -0.4 is 5.01 Å². The minimum atomic E-state index is -0.158. The third-order valence-corrected chi connectivity index (χ3v) is 3.67. The smallest absolute Gasteiger partial charge is 0.146 e. The summed E-state index contributed by atoms with van der Waals surface area (Å²) in [4.78, 5) is 4.62. The number of hydrogen-bond donors (Lipinski definition) is 0. The van der Waals surface area contributed by atoms with Crippen LogP contribution in [-0.4, -0.2) is 36.0 Å². The van der Waals surface area contributed by atoms with Crippen molar-refractivity contribution < 1.29 is 4.74 Å². The molecule has 1 unspecified atom stereocenters. The fraction of sp³-hybridized carbons (Fsp3) is 0.462. The van der Waals surface area contributed by atoms with Gasteiger partial charge in [0, 0.05) is 5.02 Å². The summed E-state index contributed by atoms with van der Waals surface area (Å²) in [7, 11) is 0. The van der Waals surface area contributed by atoms with Gasteiger partial charge in [-0.15, -0.1) is 11.6 Å². The Balaban J connectivity index is 2.17. The number of alkyl halides is 1. The van der Waals surface area contributed by atoms with E-state index in [2.05, 4.69) is 14.7 Å². The molecule has 0 radical (unpaired) electrons. The highest BCUT2D eigenvalue weighted by atomic mass is 35.5. The Morgan fingerprint density at radius 1 is 1.32 bits per heavy atom. The van der Waals surface area contributed by atoms with Crippen LogP contribution in [0.25, 0.3) is 11.0 Å². The normalized spacial score (nSPS) is 17.9. The summed E-state index contributed by atoms with van der Waals surface area (Å²) in [5, 5.41) is 2.76. The lowest BCUT2D eigenvalue weighted by molar-refractivity contribution is 0.111. The Kier molecular flexibility index (Phi) is 3.56. The predicted octanol–water partition coefficient (Wildman–Crippen LogP) is 2.96. The molecule has 1 aromatic heterocycles. The number of aromatic nitrogens is 2. The summed E-state index contributed by atoms with van der Waals surface area (Å²) in [6.45, 7) is 5.02. The van der Waals surface area contributed by atoms with E-state index in [0.717, 1.165) is 43.2 Å². The Labute approximate surface area is 121 Å². The number of halogens is 2. The number of hydrogen-bond acceptors (Lipinski definition) is 3. The van der Waals surface area contributed by atoms with Gasteiger partial charge in [-0.05, 0) is 25.1 Å². The van der Waals surface area contributed by atoms with E-state index in [4.69, 9.17) is 27.9 Å². The Morgan fingerprint density at radius 2 is 2.05 bits per heavy atom. The second-order valence-corrected chi connectivity index (χ2v) is 5.69. The van der Waals surface area contributed by atoms with Crippen LogP contribution in [0.5, 0.6) is 0 Å². The lowest BCUT2D eigenvalue weighted by Crippen LogP contribution is -2.44. The molecule has 0 bridgehead atoms. The van der Waals surface area contributed by atoms with Crippen molar-refractivity contribution in [2.45, 2.75) is 12.3 Å². The molecular formula is C13H15Cl2N3O. The van der Waals surface area contributed by atoms with E-state index in [1.54, 1.807) is 0 Å². The fourth-order valence-corrected chi connectivity index (χ4v) is 2.67. The van der Waals surface area contributed by atoms with Gasteiger partial charge in [0.15, 0.2) is 0 Å². The zero-order valence-electron chi connectivity index (χ0n) is 10.6. The van der Waals surface area contributed by atoms with Crippen LogP contribution in [0.15, 0.2) is 18.2 Å². The highest BCUT2D eigenvalue weighted by molar-refractivity contribution is 6.31. The first-order valence-electron chi connectivity index (χ1n) is 6.32. The van der Waals surface area contributed by atoms with Gasteiger partial charge in [-0.3, -0.25) is 0 Å². The number of rotatable bonds is 2. The van der Waals surface area contributed by atoms with E-state index < -0.39 is 0 Å². The van der Waals surface area contributed by atoms with Crippen molar-refractivity contribution in [3.8, 4) is 0 Å². The molecule has 2 aromatic rings. The van der Waals surface area contributed by atoms with E-state index in [9.17, 15) is 0 Å². The summed E-state index contributed by atoms with van der Waals surface area (Å²) < 4.78 is 7.48. The molecule has 1 atom stereocenters. The van der Waals surface area contributed by atoms with Gasteiger partial charge in [0.1, 0.15) is 5.82 Å². The molecule has 0 saturated carbocycles. The molecule has 3 rings (SSSR count). The molecule has 102 valence electrons. The molecule has 19 heavy (non-hydrogen) atoms. The lowest BCUT2D eigenvalue weighted by Gasteiger charge is -2.31. The average molecular weight is 300 g/mol. The largest absolute Gasteiger partial charge is 0.378 e. The molecule has 2 heterocycles. The minimum absolute atomic E-state index is 0.158. The molecule has 0 N–H and O–H groups in total. The fourth-order valence-electron chi connectivity index (χ4n) is 2.36. The number of benzene rings is 1. The molecule has 6 heteroatoms. The summed E-state index contributed by atoms with van der Waals surface area (Å²) >= 11 is 12.4. The van der Waals surface area contributed by atoms with Gasteiger partial charge in [0.2, 0.25) is 0 Å². The first-order chi connectivity index (χ1) is 9.16. The molecule has 1 aromatic carbocycles. The van der Waals surface area contributed by atoms with E-state index in [1.807, 2.05) is 25.1 Å². The van der Waals surface area contributed by atoms with Crippen LogP contribution in [0, 0.1) is 0 Å². The summed E-state index contributed by atoms with van der Waals surface area (Å²) in [6, 6.07) is 5.71. The Morgan fingerprint density at radius 3 is 2.74 bits per heavy atom. The van der Waals surface area contributed by atoms with Crippen LogP contribution in [0.2, 0.25) is 5.02 Å². The minimum Gasteiger partial charge on any atom is -0.378 e. The summed E-state index contributed by atoms with van der Waals surface area (Å²) in [5.41, 5.74) is 1.91. The molecule has 0 amide bonds. The van der Waals surface area contributed by atoms with Crippen molar-refractivity contribution >= 4 is 34.2 Å². The van der Waals surface area contributed by atoms with Crippen molar-refractivity contribution in [3.63, 3.8) is 0 Å². The van der Waals surface area contributed by atoms with Crippen molar-refractivity contribution in [3.05, 3.63) is 29.0 Å². The third-order valence-electron chi connectivity index (χ3n) is 3.24. The van der Waals surface area contributed by atoms with E-state index in [1.165, 1.54) is 0 Å². The predicted molar refractivity (Wildman–Crippen MR) is 77.8 cm³/mol. The monoisotopic (exact) mass is 299 g/mol. The van der Waals surface area contributed by atoms with Crippen molar-refractivity contribution in [2.24, 2.45) is 0 Å². The number of imidazole rings is 1.